The molecule has 2 unspecified atom stereocenters. The number of thiocarbonyl (C=S) groups is 1. The Morgan fingerprint density at radius 1 is 1.69 bits per heavy atom. The summed E-state index contributed by atoms with van der Waals surface area (Å²) in [4.78, 5) is 0.319. The minimum Gasteiger partial charge on any atom is -0.393 e. The van der Waals surface area contributed by atoms with Crippen molar-refractivity contribution in [3.63, 3.8) is 0 Å². The molecule has 1 heterocycles. The summed E-state index contributed by atoms with van der Waals surface area (Å²) in [6.07, 6.45) is 1.58. The number of hydrogen-bond acceptors (Lipinski definition) is 4. The molecule has 94 valence electrons. The van der Waals surface area contributed by atoms with Gasteiger partial charge in [-0.25, -0.2) is 13.1 Å². The lowest BCUT2D eigenvalue weighted by atomic mass is 10.2. The lowest BCUT2D eigenvalue weighted by molar-refractivity contribution is 0.127. The van der Waals surface area contributed by atoms with E-state index < -0.39 is 10.0 Å². The summed E-state index contributed by atoms with van der Waals surface area (Å²) in [7, 11) is -3.28. The SMILES string of the molecule is CC(CNS(=O)(=O)CC1CCCO1)C(N)=S. The van der Waals surface area contributed by atoms with Gasteiger partial charge in [0.1, 0.15) is 0 Å². The minimum absolute atomic E-state index is 0.0249. The van der Waals surface area contributed by atoms with Gasteiger partial charge in [-0.05, 0) is 12.8 Å². The Hall–Kier alpha value is -0.240. The highest BCUT2D eigenvalue weighted by Crippen LogP contribution is 2.13. The fourth-order valence-electron chi connectivity index (χ4n) is 1.43. The quantitative estimate of drug-likeness (QED) is 0.662. The third-order valence-corrected chi connectivity index (χ3v) is 4.34. The molecular formula is C9H18N2O3S2. The Kier molecular flexibility index (Phi) is 5.10. The summed E-state index contributed by atoms with van der Waals surface area (Å²) in [6.45, 7) is 2.70. The zero-order chi connectivity index (χ0) is 12.2. The number of rotatable bonds is 6. The maximum atomic E-state index is 11.6. The van der Waals surface area contributed by atoms with Crippen molar-refractivity contribution >= 4 is 27.2 Å². The second-order valence-corrected chi connectivity index (χ2v) is 6.39. The monoisotopic (exact) mass is 266 g/mol. The normalized spacial score (nSPS) is 23.2. The third-order valence-electron chi connectivity index (χ3n) is 2.52. The molecule has 0 spiro atoms. The standard InChI is InChI=1S/C9H18N2O3S2/c1-7(9(10)15)5-11-16(12,13)6-8-3-2-4-14-8/h7-8,11H,2-6H2,1H3,(H2,10,15). The Morgan fingerprint density at radius 2 is 2.38 bits per heavy atom. The lowest BCUT2D eigenvalue weighted by Gasteiger charge is -2.13. The molecule has 0 saturated carbocycles. The molecule has 16 heavy (non-hydrogen) atoms. The van der Waals surface area contributed by atoms with E-state index in [1.165, 1.54) is 0 Å². The van der Waals surface area contributed by atoms with Crippen molar-refractivity contribution in [1.29, 1.82) is 0 Å². The van der Waals surface area contributed by atoms with Crippen molar-refractivity contribution in [2.24, 2.45) is 11.7 Å². The van der Waals surface area contributed by atoms with Gasteiger partial charge in [-0.2, -0.15) is 0 Å². The first-order chi connectivity index (χ1) is 7.41. The van der Waals surface area contributed by atoms with E-state index in [0.29, 0.717) is 11.6 Å². The lowest BCUT2D eigenvalue weighted by Crippen LogP contribution is -2.37. The molecule has 0 aromatic carbocycles. The van der Waals surface area contributed by atoms with Gasteiger partial charge in [0.15, 0.2) is 0 Å². The highest BCUT2D eigenvalue weighted by Gasteiger charge is 2.23. The number of nitrogens with two attached hydrogens (primary N) is 1. The van der Waals surface area contributed by atoms with Crippen molar-refractivity contribution in [2.75, 3.05) is 18.9 Å². The summed E-state index contributed by atoms with van der Waals surface area (Å²) < 4.78 is 31.0. The molecule has 0 bridgehead atoms. The van der Waals surface area contributed by atoms with Gasteiger partial charge < -0.3 is 10.5 Å². The molecular weight excluding hydrogens is 248 g/mol. The topological polar surface area (TPSA) is 81.4 Å². The zero-order valence-electron chi connectivity index (χ0n) is 9.31. The maximum absolute atomic E-state index is 11.6. The largest absolute Gasteiger partial charge is 0.393 e. The van der Waals surface area contributed by atoms with E-state index >= 15 is 0 Å². The number of ether oxygens (including phenoxy) is 1. The molecule has 1 saturated heterocycles. The predicted molar refractivity (Wildman–Crippen MR) is 66.7 cm³/mol. The van der Waals surface area contributed by atoms with Gasteiger partial charge in [-0.3, -0.25) is 0 Å². The van der Waals surface area contributed by atoms with Crippen molar-refractivity contribution < 1.29 is 13.2 Å². The van der Waals surface area contributed by atoms with Gasteiger partial charge in [0.05, 0.1) is 16.8 Å². The molecule has 1 aliphatic heterocycles. The summed E-state index contributed by atoms with van der Waals surface area (Å²) >= 11 is 4.77. The highest BCUT2D eigenvalue weighted by molar-refractivity contribution is 7.89. The van der Waals surface area contributed by atoms with Crippen LogP contribution in [0.2, 0.25) is 0 Å². The van der Waals surface area contributed by atoms with E-state index in [-0.39, 0.29) is 24.3 Å². The molecule has 5 nitrogen and oxygen atoms in total. The van der Waals surface area contributed by atoms with Crippen LogP contribution in [0.4, 0.5) is 0 Å². The van der Waals surface area contributed by atoms with Crippen molar-refractivity contribution in [1.82, 2.24) is 4.72 Å². The van der Waals surface area contributed by atoms with Gasteiger partial charge in [-0.1, -0.05) is 19.1 Å². The Labute approximate surface area is 102 Å². The van der Waals surface area contributed by atoms with Gasteiger partial charge in [0.2, 0.25) is 10.0 Å². The van der Waals surface area contributed by atoms with Gasteiger partial charge >= 0.3 is 0 Å². The summed E-state index contributed by atoms with van der Waals surface area (Å²) in [5.41, 5.74) is 5.40. The minimum atomic E-state index is -3.28. The first-order valence-electron chi connectivity index (χ1n) is 5.29. The van der Waals surface area contributed by atoms with Crippen LogP contribution in [0.3, 0.4) is 0 Å². The second kappa shape index (κ2) is 5.90. The zero-order valence-corrected chi connectivity index (χ0v) is 10.9. The molecule has 0 radical (unpaired) electrons. The molecule has 0 aromatic heterocycles. The molecule has 2 atom stereocenters. The van der Waals surface area contributed by atoms with E-state index in [1.807, 2.05) is 0 Å². The van der Waals surface area contributed by atoms with Crippen molar-refractivity contribution in [3.05, 3.63) is 0 Å². The van der Waals surface area contributed by atoms with Crippen LogP contribution in [0.25, 0.3) is 0 Å². The Bertz CT molecular complexity index is 337. The number of nitrogens with one attached hydrogen (secondary N) is 1. The smallest absolute Gasteiger partial charge is 0.214 e. The van der Waals surface area contributed by atoms with Gasteiger partial charge in [0.25, 0.3) is 0 Å². The van der Waals surface area contributed by atoms with Gasteiger partial charge in [0, 0.05) is 19.1 Å². The first-order valence-corrected chi connectivity index (χ1v) is 7.35. The van der Waals surface area contributed by atoms with Crippen LogP contribution in [0.5, 0.6) is 0 Å². The van der Waals surface area contributed by atoms with Crippen LogP contribution >= 0.6 is 12.2 Å². The van der Waals surface area contributed by atoms with Crippen molar-refractivity contribution in [3.8, 4) is 0 Å². The van der Waals surface area contributed by atoms with E-state index in [0.717, 1.165) is 12.8 Å². The molecule has 7 heteroatoms. The Morgan fingerprint density at radius 3 is 2.88 bits per heavy atom. The molecule has 1 fully saturated rings. The molecule has 0 amide bonds. The fourth-order valence-corrected chi connectivity index (χ4v) is 2.89. The van der Waals surface area contributed by atoms with Crippen LogP contribution in [0.15, 0.2) is 0 Å². The molecule has 0 aliphatic carbocycles. The highest BCUT2D eigenvalue weighted by atomic mass is 32.2. The average Bonchev–Trinajstić information content (AvgIpc) is 2.65. The summed E-state index contributed by atoms with van der Waals surface area (Å²) in [6, 6.07) is 0. The van der Waals surface area contributed by atoms with E-state index in [9.17, 15) is 8.42 Å². The third kappa shape index (κ3) is 4.73. The van der Waals surface area contributed by atoms with Crippen LogP contribution in [-0.4, -0.2) is 38.4 Å². The van der Waals surface area contributed by atoms with Gasteiger partial charge in [-0.15, -0.1) is 0 Å². The molecule has 3 N–H and O–H groups in total. The number of sulfonamides is 1. The molecule has 0 aromatic rings. The average molecular weight is 266 g/mol. The molecule has 1 aliphatic rings. The van der Waals surface area contributed by atoms with Crippen molar-refractivity contribution in [2.45, 2.75) is 25.9 Å². The predicted octanol–water partition coefficient (Wildman–Crippen LogP) is 0.00700. The number of hydrogen-bond donors (Lipinski definition) is 2. The first kappa shape index (κ1) is 13.8. The van der Waals surface area contributed by atoms with E-state index in [4.69, 9.17) is 22.7 Å². The fraction of sp³-hybridized carbons (Fsp3) is 0.889. The Balaban J connectivity index is 2.36. The van der Waals surface area contributed by atoms with Crippen LogP contribution in [0.1, 0.15) is 19.8 Å². The maximum Gasteiger partial charge on any atom is 0.214 e. The van der Waals surface area contributed by atoms with Crippen LogP contribution in [0, 0.1) is 5.92 Å². The summed E-state index contributed by atoms with van der Waals surface area (Å²) in [5, 5.41) is 0. The van der Waals surface area contributed by atoms with Crippen LogP contribution in [-0.2, 0) is 14.8 Å². The van der Waals surface area contributed by atoms with Crippen LogP contribution < -0.4 is 10.5 Å². The molecule has 1 rings (SSSR count). The van der Waals surface area contributed by atoms with E-state index in [2.05, 4.69) is 4.72 Å². The second-order valence-electron chi connectivity index (χ2n) is 4.07. The summed E-state index contributed by atoms with van der Waals surface area (Å²) in [5.74, 6) is -0.105. The van der Waals surface area contributed by atoms with E-state index in [1.54, 1.807) is 6.92 Å².